The molecule has 2 atom stereocenters. The Labute approximate surface area is 191 Å². The van der Waals surface area contributed by atoms with Gasteiger partial charge in [-0.1, -0.05) is 44.2 Å². The van der Waals surface area contributed by atoms with E-state index >= 15 is 0 Å². The van der Waals surface area contributed by atoms with Crippen molar-refractivity contribution < 1.29 is 18.3 Å². The van der Waals surface area contributed by atoms with Crippen LogP contribution in [0.25, 0.3) is 0 Å². The highest BCUT2D eigenvalue weighted by atomic mass is 32.2. The van der Waals surface area contributed by atoms with Gasteiger partial charge in [-0.05, 0) is 60.9 Å². The highest BCUT2D eigenvalue weighted by Crippen LogP contribution is 2.32. The number of ether oxygens (including phenoxy) is 1. The van der Waals surface area contributed by atoms with Crippen molar-refractivity contribution in [3.8, 4) is 11.8 Å². The van der Waals surface area contributed by atoms with Crippen molar-refractivity contribution in [1.82, 2.24) is 10.3 Å². The van der Waals surface area contributed by atoms with Crippen LogP contribution in [0.1, 0.15) is 44.7 Å². The molecule has 0 saturated heterocycles. The molecule has 174 valence electrons. The maximum absolute atomic E-state index is 13.0. The zero-order valence-corrected chi connectivity index (χ0v) is 19.9. The number of methoxy groups -OCH3 is 1. The van der Waals surface area contributed by atoms with E-state index in [1.165, 1.54) is 6.07 Å². The summed E-state index contributed by atoms with van der Waals surface area (Å²) in [6.45, 7) is 5.70. The van der Waals surface area contributed by atoms with Crippen LogP contribution in [0.5, 0.6) is 5.75 Å². The van der Waals surface area contributed by atoms with Gasteiger partial charge in [-0.25, -0.2) is 13.8 Å². The Morgan fingerprint density at radius 2 is 1.88 bits per heavy atom. The van der Waals surface area contributed by atoms with Crippen molar-refractivity contribution in [3.05, 3.63) is 59.7 Å². The summed E-state index contributed by atoms with van der Waals surface area (Å²) < 4.78 is 31.4. The van der Waals surface area contributed by atoms with Gasteiger partial charge in [0, 0.05) is 6.42 Å². The summed E-state index contributed by atoms with van der Waals surface area (Å²) in [7, 11) is -2.33. The van der Waals surface area contributed by atoms with Crippen LogP contribution in [0.4, 0.5) is 0 Å². The van der Waals surface area contributed by atoms with Crippen LogP contribution in [0.2, 0.25) is 0 Å². The molecule has 0 aromatic heterocycles. The molecular formula is C24H33N3O4S. The molecule has 3 N–H and O–H groups in total. The van der Waals surface area contributed by atoms with Crippen molar-refractivity contribution in [2.24, 2.45) is 5.41 Å². The molecule has 0 unspecified atom stereocenters. The summed E-state index contributed by atoms with van der Waals surface area (Å²) in [6, 6.07) is 15.9. The van der Waals surface area contributed by atoms with Gasteiger partial charge < -0.3 is 9.84 Å². The molecule has 0 fully saturated rings. The summed E-state index contributed by atoms with van der Waals surface area (Å²) in [4.78, 5) is 2.52. The second-order valence-corrected chi connectivity index (χ2v) is 10.4. The lowest BCUT2D eigenvalue weighted by molar-refractivity contribution is 0.141. The van der Waals surface area contributed by atoms with Gasteiger partial charge in [0.2, 0.25) is 0 Å². The molecule has 0 bridgehead atoms. The third-order valence-electron chi connectivity index (χ3n) is 5.40. The molecule has 0 saturated carbocycles. The number of hydrazine groups is 1. The van der Waals surface area contributed by atoms with Gasteiger partial charge >= 0.3 is 0 Å². The zero-order chi connectivity index (χ0) is 23.8. The van der Waals surface area contributed by atoms with E-state index in [-0.39, 0.29) is 10.3 Å². The number of hydrogen-bond donors (Lipinski definition) is 3. The van der Waals surface area contributed by atoms with Crippen molar-refractivity contribution in [2.75, 3.05) is 7.11 Å². The fourth-order valence-electron chi connectivity index (χ4n) is 3.48. The second-order valence-electron chi connectivity index (χ2n) is 8.76. The predicted octanol–water partition coefficient (Wildman–Crippen LogP) is 3.34. The van der Waals surface area contributed by atoms with E-state index in [2.05, 4.69) is 16.3 Å². The fourth-order valence-corrected chi connectivity index (χ4v) is 4.45. The number of rotatable bonds is 12. The van der Waals surface area contributed by atoms with Gasteiger partial charge in [0.25, 0.3) is 10.0 Å². The van der Waals surface area contributed by atoms with E-state index in [1.807, 2.05) is 44.2 Å². The van der Waals surface area contributed by atoms with E-state index in [0.717, 1.165) is 11.1 Å². The Kier molecular flexibility index (Phi) is 9.22. The molecule has 8 heteroatoms. The van der Waals surface area contributed by atoms with Crippen LogP contribution < -0.4 is 15.0 Å². The van der Waals surface area contributed by atoms with Gasteiger partial charge in [-0.15, -0.1) is 4.83 Å². The Hall–Kier alpha value is -2.44. The van der Waals surface area contributed by atoms with Crippen molar-refractivity contribution in [2.45, 2.75) is 63.5 Å². The first kappa shape index (κ1) is 25.8. The number of nitrogens with one attached hydrogen (secondary N) is 2. The van der Waals surface area contributed by atoms with Crippen molar-refractivity contribution >= 4 is 10.0 Å². The monoisotopic (exact) mass is 459 g/mol. The average molecular weight is 460 g/mol. The first-order valence-electron chi connectivity index (χ1n) is 10.6. The zero-order valence-electron chi connectivity index (χ0n) is 19.1. The minimum Gasteiger partial charge on any atom is -0.496 e. The van der Waals surface area contributed by atoms with Crippen LogP contribution in [-0.4, -0.2) is 32.8 Å². The minimum absolute atomic E-state index is 0.0981. The molecule has 0 amide bonds. The molecule has 32 heavy (non-hydrogen) atoms. The van der Waals surface area contributed by atoms with Crippen LogP contribution in [0.15, 0.2) is 53.4 Å². The summed E-state index contributed by atoms with van der Waals surface area (Å²) in [5, 5.41) is 19.0. The second kappa shape index (κ2) is 11.4. The lowest BCUT2D eigenvalue weighted by atomic mass is 9.81. The van der Waals surface area contributed by atoms with Gasteiger partial charge in [0.1, 0.15) is 5.75 Å². The largest absolute Gasteiger partial charge is 0.496 e. The van der Waals surface area contributed by atoms with E-state index in [0.29, 0.717) is 31.4 Å². The Morgan fingerprint density at radius 3 is 2.47 bits per heavy atom. The molecule has 0 aliphatic carbocycles. The Balaban J connectivity index is 2.19. The van der Waals surface area contributed by atoms with Gasteiger partial charge in [-0.2, -0.15) is 5.26 Å². The highest BCUT2D eigenvalue weighted by molar-refractivity contribution is 7.89. The average Bonchev–Trinajstić information content (AvgIpc) is 2.75. The molecule has 0 radical (unpaired) electrons. The smallest absolute Gasteiger partial charge is 0.253 e. The first-order chi connectivity index (χ1) is 15.1. The quantitative estimate of drug-likeness (QED) is 0.420. The first-order valence-corrected chi connectivity index (χ1v) is 12.1. The molecule has 2 rings (SSSR count). The number of sulfonamides is 1. The molecule has 0 aliphatic heterocycles. The van der Waals surface area contributed by atoms with Gasteiger partial charge in [-0.3, -0.25) is 0 Å². The van der Waals surface area contributed by atoms with Crippen molar-refractivity contribution in [3.63, 3.8) is 0 Å². The number of nitriles is 1. The predicted molar refractivity (Wildman–Crippen MR) is 124 cm³/mol. The summed E-state index contributed by atoms with van der Waals surface area (Å²) in [5.41, 5.74) is 4.33. The SMILES string of the molecule is COc1ccc(S(=O)(=O)NN[C@@H](Cc2ccccc2)[C@@H](C)O)cc1CC(C)(C)CCC#N. The summed E-state index contributed by atoms with van der Waals surface area (Å²) in [6.07, 6.45) is 1.38. The van der Waals surface area contributed by atoms with Gasteiger partial charge in [0.05, 0.1) is 30.2 Å². The maximum Gasteiger partial charge on any atom is 0.253 e. The van der Waals surface area contributed by atoms with E-state index < -0.39 is 22.2 Å². The standard InChI is InChI=1S/C24H33N3O4S/c1-18(28)22(15-19-9-6-5-7-10-19)26-27-32(29,30)21-11-12-23(31-4)20(16-21)17-24(2,3)13-8-14-25/h5-7,9-12,16,18,22,26-28H,8,13,15,17H2,1-4H3/t18-,22+/m1/s1. The normalized spacial score (nSPS) is 13.9. The maximum atomic E-state index is 13.0. The highest BCUT2D eigenvalue weighted by Gasteiger charge is 2.24. The van der Waals surface area contributed by atoms with Crippen LogP contribution in [0.3, 0.4) is 0 Å². The summed E-state index contributed by atoms with van der Waals surface area (Å²) in [5.74, 6) is 0.605. The number of aliphatic hydroxyl groups is 1. The molecule has 7 nitrogen and oxygen atoms in total. The number of nitrogens with zero attached hydrogens (tertiary/aromatic N) is 1. The Morgan fingerprint density at radius 1 is 1.19 bits per heavy atom. The third-order valence-corrected chi connectivity index (χ3v) is 6.67. The molecule has 0 aliphatic rings. The van der Waals surface area contributed by atoms with E-state index in [4.69, 9.17) is 10.00 Å². The molecule has 0 spiro atoms. The molecule has 2 aromatic rings. The van der Waals surface area contributed by atoms with E-state index in [1.54, 1.807) is 26.2 Å². The van der Waals surface area contributed by atoms with Gasteiger partial charge in [0.15, 0.2) is 0 Å². The number of benzene rings is 2. The molecular weight excluding hydrogens is 426 g/mol. The molecule has 2 aromatic carbocycles. The van der Waals surface area contributed by atoms with Crippen LogP contribution in [-0.2, 0) is 22.9 Å². The topological polar surface area (TPSA) is 111 Å². The van der Waals surface area contributed by atoms with E-state index in [9.17, 15) is 13.5 Å². The fraction of sp³-hybridized carbons (Fsp3) is 0.458. The lowest BCUT2D eigenvalue weighted by Crippen LogP contribution is -2.50. The number of aliphatic hydroxyl groups excluding tert-OH is 1. The Bertz CT molecular complexity index is 1020. The minimum atomic E-state index is -3.88. The lowest BCUT2D eigenvalue weighted by Gasteiger charge is -2.25. The number of hydrogen-bond acceptors (Lipinski definition) is 6. The third kappa shape index (κ3) is 7.61. The van der Waals surface area contributed by atoms with Crippen LogP contribution >= 0.6 is 0 Å². The van der Waals surface area contributed by atoms with Crippen LogP contribution in [0, 0.1) is 16.7 Å². The summed E-state index contributed by atoms with van der Waals surface area (Å²) >= 11 is 0. The molecule has 0 heterocycles. The van der Waals surface area contributed by atoms with Crippen molar-refractivity contribution in [1.29, 1.82) is 5.26 Å².